The first-order valence-corrected chi connectivity index (χ1v) is 4.12. The van der Waals surface area contributed by atoms with E-state index in [2.05, 4.69) is 14.1 Å². The normalized spacial score (nSPS) is 9.75. The summed E-state index contributed by atoms with van der Waals surface area (Å²) in [6, 6.07) is 0. The molecule has 0 unspecified atom stereocenters. The van der Waals surface area contributed by atoms with E-state index in [9.17, 15) is 4.79 Å². The maximum atomic E-state index is 11.1. The third-order valence-corrected chi connectivity index (χ3v) is 1.66. The van der Waals surface area contributed by atoms with Crippen molar-refractivity contribution in [2.24, 2.45) is 0 Å². The Kier molecular flexibility index (Phi) is 3.62. The van der Waals surface area contributed by atoms with Crippen molar-refractivity contribution in [3.05, 3.63) is 11.9 Å². The molecule has 0 aromatic carbocycles. The van der Waals surface area contributed by atoms with Crippen LogP contribution in [-0.2, 0) is 4.74 Å². The van der Waals surface area contributed by atoms with Crippen molar-refractivity contribution in [1.82, 2.24) is 14.1 Å². The molecule has 0 radical (unpaired) electrons. The monoisotopic (exact) mass is 187 g/mol. The van der Waals surface area contributed by atoms with Gasteiger partial charge in [0.25, 0.3) is 5.91 Å². The molecule has 1 N–H and O–H groups in total. The molecule has 0 atom stereocenters. The van der Waals surface area contributed by atoms with Gasteiger partial charge in [-0.15, -0.1) is 0 Å². The van der Waals surface area contributed by atoms with Gasteiger partial charge in [0.15, 0.2) is 5.69 Å². The molecule has 0 fully saturated rings. The number of aromatic nitrogens is 2. The minimum Gasteiger partial charge on any atom is -0.383 e. The van der Waals surface area contributed by atoms with Crippen LogP contribution in [0, 0.1) is 0 Å². The summed E-state index contributed by atoms with van der Waals surface area (Å²) in [5.41, 5.74) is 0.358. The summed E-state index contributed by atoms with van der Waals surface area (Å²) in [5.74, 6) is -0.208. The van der Waals surface area contributed by atoms with Crippen LogP contribution in [0.15, 0.2) is 6.20 Å². The Morgan fingerprint density at radius 3 is 3.25 bits per heavy atom. The largest absolute Gasteiger partial charge is 0.383 e. The standard InChI is InChI=1S/C6H9N3O2S/c1-11-3-2-7-6(10)5-4-8-12-9-5/h4H,2-3H2,1H3,(H,7,10). The van der Waals surface area contributed by atoms with Crippen LogP contribution in [0.25, 0.3) is 0 Å². The van der Waals surface area contributed by atoms with Crippen molar-refractivity contribution in [2.45, 2.75) is 0 Å². The minimum atomic E-state index is -0.208. The molecule has 0 saturated heterocycles. The van der Waals surface area contributed by atoms with Crippen molar-refractivity contribution in [3.8, 4) is 0 Å². The third kappa shape index (κ3) is 2.55. The predicted octanol–water partition coefficient (Wildman–Crippen LogP) is -0.0857. The molecular weight excluding hydrogens is 178 g/mol. The molecule has 66 valence electrons. The predicted molar refractivity (Wildman–Crippen MR) is 44.1 cm³/mol. The molecule has 0 saturated carbocycles. The Hall–Kier alpha value is -1.01. The Morgan fingerprint density at radius 2 is 2.67 bits per heavy atom. The number of rotatable bonds is 4. The Morgan fingerprint density at radius 1 is 1.83 bits per heavy atom. The summed E-state index contributed by atoms with van der Waals surface area (Å²) >= 11 is 1.02. The first kappa shape index (κ1) is 9.08. The first-order chi connectivity index (χ1) is 5.84. The van der Waals surface area contributed by atoms with Gasteiger partial charge in [-0.2, -0.15) is 8.75 Å². The van der Waals surface area contributed by atoms with Crippen molar-refractivity contribution < 1.29 is 9.53 Å². The third-order valence-electron chi connectivity index (χ3n) is 1.19. The van der Waals surface area contributed by atoms with Gasteiger partial charge in [-0.25, -0.2) is 0 Å². The SMILES string of the molecule is COCCNC(=O)c1cnsn1. The molecule has 0 aliphatic heterocycles. The number of hydrogen-bond acceptors (Lipinski definition) is 5. The van der Waals surface area contributed by atoms with Gasteiger partial charge < -0.3 is 10.1 Å². The molecule has 1 heterocycles. The molecule has 1 aromatic heterocycles. The molecule has 0 aliphatic rings. The lowest BCUT2D eigenvalue weighted by molar-refractivity contribution is 0.0933. The van der Waals surface area contributed by atoms with Crippen LogP contribution in [0.4, 0.5) is 0 Å². The number of amides is 1. The zero-order valence-corrected chi connectivity index (χ0v) is 7.43. The zero-order valence-electron chi connectivity index (χ0n) is 6.61. The summed E-state index contributed by atoms with van der Waals surface area (Å²) < 4.78 is 12.2. The minimum absolute atomic E-state index is 0.208. The number of hydrogen-bond donors (Lipinski definition) is 1. The molecule has 0 spiro atoms. The maximum absolute atomic E-state index is 11.1. The number of ether oxygens (including phenoxy) is 1. The van der Waals surface area contributed by atoms with Crippen molar-refractivity contribution in [1.29, 1.82) is 0 Å². The fourth-order valence-corrected chi connectivity index (χ4v) is 1.03. The molecule has 12 heavy (non-hydrogen) atoms. The second kappa shape index (κ2) is 4.78. The number of nitrogens with one attached hydrogen (secondary N) is 1. The van der Waals surface area contributed by atoms with E-state index >= 15 is 0 Å². The van der Waals surface area contributed by atoms with Crippen LogP contribution in [0.1, 0.15) is 10.5 Å². The molecule has 1 aromatic rings. The van der Waals surface area contributed by atoms with Crippen molar-refractivity contribution in [2.75, 3.05) is 20.3 Å². The first-order valence-electron chi connectivity index (χ1n) is 3.39. The van der Waals surface area contributed by atoms with Gasteiger partial charge in [-0.05, 0) is 0 Å². The highest BCUT2D eigenvalue weighted by atomic mass is 32.1. The van der Waals surface area contributed by atoms with Gasteiger partial charge in [0.05, 0.1) is 24.5 Å². The molecular formula is C6H9N3O2S. The Balaban J connectivity index is 2.30. The smallest absolute Gasteiger partial charge is 0.272 e. The molecule has 6 heteroatoms. The molecule has 0 bridgehead atoms. The highest BCUT2D eigenvalue weighted by Gasteiger charge is 2.06. The van der Waals surface area contributed by atoms with Gasteiger partial charge >= 0.3 is 0 Å². The zero-order chi connectivity index (χ0) is 8.81. The molecule has 1 rings (SSSR count). The molecule has 5 nitrogen and oxygen atoms in total. The lowest BCUT2D eigenvalue weighted by atomic mass is 10.4. The Bertz CT molecular complexity index is 237. The lowest BCUT2D eigenvalue weighted by Gasteiger charge is -1.99. The van der Waals surface area contributed by atoms with Gasteiger partial charge in [-0.1, -0.05) is 0 Å². The van der Waals surface area contributed by atoms with Gasteiger partial charge in [0.2, 0.25) is 0 Å². The van der Waals surface area contributed by atoms with E-state index in [4.69, 9.17) is 4.74 Å². The summed E-state index contributed by atoms with van der Waals surface area (Å²) in [6.07, 6.45) is 1.44. The average molecular weight is 187 g/mol. The van der Waals surface area contributed by atoms with Gasteiger partial charge in [-0.3, -0.25) is 4.79 Å². The van der Waals surface area contributed by atoms with Crippen LogP contribution < -0.4 is 5.32 Å². The van der Waals surface area contributed by atoms with Crippen LogP contribution in [0.5, 0.6) is 0 Å². The summed E-state index contributed by atoms with van der Waals surface area (Å²) in [7, 11) is 1.58. The van der Waals surface area contributed by atoms with E-state index in [-0.39, 0.29) is 5.91 Å². The molecule has 1 amide bonds. The van der Waals surface area contributed by atoms with Crippen LogP contribution >= 0.6 is 11.7 Å². The van der Waals surface area contributed by atoms with Crippen LogP contribution in [0.3, 0.4) is 0 Å². The van der Waals surface area contributed by atoms with E-state index in [1.54, 1.807) is 7.11 Å². The average Bonchev–Trinajstić information content (AvgIpc) is 2.56. The summed E-state index contributed by atoms with van der Waals surface area (Å²) in [6.45, 7) is 0.996. The fourth-order valence-electron chi connectivity index (χ4n) is 0.622. The summed E-state index contributed by atoms with van der Waals surface area (Å²) in [5, 5.41) is 2.63. The number of methoxy groups -OCH3 is 1. The highest BCUT2D eigenvalue weighted by Crippen LogP contribution is 1.93. The second-order valence-electron chi connectivity index (χ2n) is 2.04. The molecule has 0 aliphatic carbocycles. The van der Waals surface area contributed by atoms with Gasteiger partial charge in [0.1, 0.15) is 0 Å². The van der Waals surface area contributed by atoms with E-state index < -0.39 is 0 Å². The van der Waals surface area contributed by atoms with Crippen molar-refractivity contribution in [3.63, 3.8) is 0 Å². The fraction of sp³-hybridized carbons (Fsp3) is 0.500. The highest BCUT2D eigenvalue weighted by molar-refractivity contribution is 6.99. The van der Waals surface area contributed by atoms with Crippen LogP contribution in [0.2, 0.25) is 0 Å². The lowest BCUT2D eigenvalue weighted by Crippen LogP contribution is -2.27. The van der Waals surface area contributed by atoms with E-state index in [1.165, 1.54) is 6.20 Å². The van der Waals surface area contributed by atoms with E-state index in [1.807, 2.05) is 0 Å². The summed E-state index contributed by atoms with van der Waals surface area (Å²) in [4.78, 5) is 11.1. The van der Waals surface area contributed by atoms with E-state index in [0.29, 0.717) is 18.8 Å². The maximum Gasteiger partial charge on any atom is 0.272 e. The quantitative estimate of drug-likeness (QED) is 0.669. The number of nitrogens with zero attached hydrogens (tertiary/aromatic N) is 2. The van der Waals surface area contributed by atoms with Crippen molar-refractivity contribution >= 4 is 17.6 Å². The number of carbonyl (C=O) groups is 1. The topological polar surface area (TPSA) is 64.1 Å². The van der Waals surface area contributed by atoms with Gasteiger partial charge in [0, 0.05) is 13.7 Å². The second-order valence-corrected chi connectivity index (χ2v) is 2.60. The Labute approximate surface area is 74.1 Å². The number of carbonyl (C=O) groups excluding carboxylic acids is 1. The van der Waals surface area contributed by atoms with Crippen LogP contribution in [-0.4, -0.2) is 34.9 Å². The van der Waals surface area contributed by atoms with E-state index in [0.717, 1.165) is 11.7 Å².